The van der Waals surface area contributed by atoms with Gasteiger partial charge in [0.2, 0.25) is 0 Å². The minimum atomic E-state index is -4.62. The fraction of sp³-hybridized carbons (Fsp3) is 0.0833. The van der Waals surface area contributed by atoms with Crippen molar-refractivity contribution in [2.45, 2.75) is 12.9 Å². The van der Waals surface area contributed by atoms with Gasteiger partial charge in [0.25, 0.3) is 11.6 Å². The Morgan fingerprint density at radius 1 is 1.03 bits per heavy atom. The van der Waals surface area contributed by atoms with Gasteiger partial charge in [-0.25, -0.2) is 13.5 Å². The number of nitrogens with zero attached hydrogens (tertiary/aromatic N) is 3. The second-order valence-electron chi connectivity index (χ2n) is 7.64. The first-order valence-corrected chi connectivity index (χ1v) is 10.6. The Bertz CT molecular complexity index is 1510. The number of amides is 1. The predicted molar refractivity (Wildman–Crippen MR) is 122 cm³/mol. The summed E-state index contributed by atoms with van der Waals surface area (Å²) in [5, 5.41) is 17.7. The summed E-state index contributed by atoms with van der Waals surface area (Å²) >= 11 is 0. The second-order valence-corrected chi connectivity index (χ2v) is 7.64. The summed E-state index contributed by atoms with van der Waals surface area (Å²) in [5.41, 5.74) is -1.70. The van der Waals surface area contributed by atoms with Gasteiger partial charge in [-0.05, 0) is 36.4 Å². The molecule has 196 valence electrons. The first-order valence-electron chi connectivity index (χ1n) is 10.6. The minimum Gasteiger partial charge on any atom is -0.468 e. The van der Waals surface area contributed by atoms with E-state index in [2.05, 4.69) is 10.4 Å². The van der Waals surface area contributed by atoms with E-state index < -0.39 is 39.9 Å². The van der Waals surface area contributed by atoms with E-state index in [9.17, 15) is 36.9 Å². The molecule has 14 heteroatoms. The molecule has 1 amide bonds. The third kappa shape index (κ3) is 6.40. The molecular formula is C24H15F5N4O5. The van der Waals surface area contributed by atoms with Crippen molar-refractivity contribution in [2.24, 2.45) is 0 Å². The van der Waals surface area contributed by atoms with Crippen molar-refractivity contribution in [3.8, 4) is 17.2 Å². The molecule has 1 aromatic heterocycles. The Kier molecular flexibility index (Phi) is 7.23. The average molecular weight is 534 g/mol. The molecule has 9 nitrogen and oxygen atoms in total. The fourth-order valence-corrected chi connectivity index (χ4v) is 3.17. The van der Waals surface area contributed by atoms with Crippen molar-refractivity contribution in [2.75, 3.05) is 5.32 Å². The molecule has 3 aromatic carbocycles. The van der Waals surface area contributed by atoms with E-state index in [1.807, 2.05) is 0 Å². The molecular weight excluding hydrogens is 519 g/mol. The van der Waals surface area contributed by atoms with Crippen LogP contribution in [0, 0.1) is 21.7 Å². The van der Waals surface area contributed by atoms with Crippen LogP contribution in [0.1, 0.15) is 16.1 Å². The number of carbonyl (C=O) groups excluding carboxylic acids is 1. The van der Waals surface area contributed by atoms with Crippen LogP contribution in [0.25, 0.3) is 0 Å². The number of nitro groups is 1. The summed E-state index contributed by atoms with van der Waals surface area (Å²) in [6, 6.07) is 11.1. The van der Waals surface area contributed by atoms with E-state index in [0.29, 0.717) is 6.07 Å². The highest BCUT2D eigenvalue weighted by Gasteiger charge is 2.30. The van der Waals surface area contributed by atoms with Gasteiger partial charge in [0.15, 0.2) is 24.0 Å². The van der Waals surface area contributed by atoms with Crippen LogP contribution in [0.4, 0.5) is 33.3 Å². The lowest BCUT2D eigenvalue weighted by Gasteiger charge is -2.11. The van der Waals surface area contributed by atoms with Crippen LogP contribution < -0.4 is 14.8 Å². The van der Waals surface area contributed by atoms with Gasteiger partial charge in [-0.3, -0.25) is 14.9 Å². The zero-order chi connectivity index (χ0) is 27.4. The number of non-ortho nitro benzene ring substituents is 1. The van der Waals surface area contributed by atoms with Gasteiger partial charge in [-0.15, -0.1) is 0 Å². The highest BCUT2D eigenvalue weighted by Crippen LogP contribution is 2.34. The van der Waals surface area contributed by atoms with E-state index in [0.717, 1.165) is 47.1 Å². The number of carbonyl (C=O) groups is 1. The molecule has 0 fully saturated rings. The van der Waals surface area contributed by atoms with Crippen molar-refractivity contribution in [1.82, 2.24) is 9.78 Å². The number of aromatic nitrogens is 2. The molecule has 0 bridgehead atoms. The number of alkyl halides is 3. The number of hydrogen-bond donors (Lipinski definition) is 1. The molecule has 4 aromatic rings. The lowest BCUT2D eigenvalue weighted by atomic mass is 10.2. The number of nitro benzene ring substituents is 1. The van der Waals surface area contributed by atoms with Gasteiger partial charge >= 0.3 is 6.18 Å². The van der Waals surface area contributed by atoms with Gasteiger partial charge in [0.1, 0.15) is 17.3 Å². The largest absolute Gasteiger partial charge is 0.468 e. The smallest absolute Gasteiger partial charge is 0.416 e. The Labute approximate surface area is 210 Å². The molecule has 0 atom stereocenters. The van der Waals surface area contributed by atoms with E-state index in [4.69, 9.17) is 9.47 Å². The third-order valence-electron chi connectivity index (χ3n) is 4.88. The van der Waals surface area contributed by atoms with Crippen LogP contribution in [0.2, 0.25) is 0 Å². The first-order chi connectivity index (χ1) is 18.0. The number of rotatable bonds is 8. The molecule has 1 heterocycles. The zero-order valence-electron chi connectivity index (χ0n) is 18.9. The standard InChI is InChI=1S/C24H15F5N4O5/c25-15-4-5-22(20(26)9-15)37-13-32-7-6-21(31-32)23(34)30-16-10-17(33(35)36)12-19(11-16)38-18-3-1-2-14(8-18)24(27,28)29/h1-12H,13H2,(H,30,34). The number of ether oxygens (including phenoxy) is 2. The minimum absolute atomic E-state index is 0.0923. The number of hydrogen-bond acceptors (Lipinski definition) is 6. The van der Waals surface area contributed by atoms with E-state index in [-0.39, 0.29) is 35.4 Å². The Balaban J connectivity index is 1.48. The topological polar surface area (TPSA) is 109 Å². The summed E-state index contributed by atoms with van der Waals surface area (Å²) in [4.78, 5) is 23.2. The van der Waals surface area contributed by atoms with Gasteiger partial charge < -0.3 is 14.8 Å². The summed E-state index contributed by atoms with van der Waals surface area (Å²) in [7, 11) is 0. The van der Waals surface area contributed by atoms with Crippen molar-refractivity contribution in [3.05, 3.63) is 106 Å². The second kappa shape index (κ2) is 10.5. The number of halogens is 5. The third-order valence-corrected chi connectivity index (χ3v) is 4.88. The molecule has 4 rings (SSSR count). The van der Waals surface area contributed by atoms with Crippen LogP contribution in [-0.4, -0.2) is 20.6 Å². The predicted octanol–water partition coefficient (Wildman–Crippen LogP) is 6.17. The van der Waals surface area contributed by atoms with Crippen LogP contribution >= 0.6 is 0 Å². The van der Waals surface area contributed by atoms with E-state index >= 15 is 0 Å². The SMILES string of the molecule is O=C(Nc1cc(Oc2cccc(C(F)(F)F)c2)cc([N+](=O)[O-])c1)c1ccn(COc2ccc(F)cc2F)n1. The molecule has 0 unspecified atom stereocenters. The van der Waals surface area contributed by atoms with Gasteiger partial charge in [0.05, 0.1) is 22.2 Å². The molecule has 0 saturated heterocycles. The van der Waals surface area contributed by atoms with Crippen LogP contribution in [0.3, 0.4) is 0 Å². The van der Waals surface area contributed by atoms with Crippen LogP contribution in [-0.2, 0) is 12.9 Å². The maximum absolute atomic E-state index is 13.7. The van der Waals surface area contributed by atoms with Crippen molar-refractivity contribution in [3.63, 3.8) is 0 Å². The van der Waals surface area contributed by atoms with E-state index in [1.165, 1.54) is 24.4 Å². The number of nitrogens with one attached hydrogen (secondary N) is 1. The van der Waals surface area contributed by atoms with Crippen LogP contribution in [0.5, 0.6) is 17.2 Å². The fourth-order valence-electron chi connectivity index (χ4n) is 3.17. The Morgan fingerprint density at radius 2 is 1.82 bits per heavy atom. The lowest BCUT2D eigenvalue weighted by Crippen LogP contribution is -2.14. The molecule has 1 N–H and O–H groups in total. The molecule has 0 spiro atoms. The maximum atomic E-state index is 13.7. The molecule has 0 aliphatic carbocycles. The normalized spacial score (nSPS) is 11.2. The van der Waals surface area contributed by atoms with Gasteiger partial charge in [-0.2, -0.15) is 18.3 Å². The van der Waals surface area contributed by atoms with Crippen LogP contribution in [0.15, 0.2) is 72.9 Å². The maximum Gasteiger partial charge on any atom is 0.416 e. The van der Waals surface area contributed by atoms with Gasteiger partial charge in [-0.1, -0.05) is 6.07 Å². The summed E-state index contributed by atoms with van der Waals surface area (Å²) in [6.45, 7) is -0.318. The Morgan fingerprint density at radius 3 is 2.53 bits per heavy atom. The molecule has 0 aliphatic rings. The molecule has 0 radical (unpaired) electrons. The van der Waals surface area contributed by atoms with Gasteiger partial charge in [0, 0.05) is 24.4 Å². The van der Waals surface area contributed by atoms with Crippen molar-refractivity contribution < 1.29 is 41.1 Å². The van der Waals surface area contributed by atoms with Crippen molar-refractivity contribution >= 4 is 17.3 Å². The summed E-state index contributed by atoms with van der Waals surface area (Å²) < 4.78 is 77.3. The average Bonchev–Trinajstić information content (AvgIpc) is 3.32. The number of benzene rings is 3. The number of anilines is 1. The highest BCUT2D eigenvalue weighted by molar-refractivity contribution is 6.03. The van der Waals surface area contributed by atoms with E-state index in [1.54, 1.807) is 0 Å². The zero-order valence-corrected chi connectivity index (χ0v) is 18.9. The molecule has 0 aliphatic heterocycles. The monoisotopic (exact) mass is 534 g/mol. The lowest BCUT2D eigenvalue weighted by molar-refractivity contribution is -0.384. The first kappa shape index (κ1) is 26.1. The quantitative estimate of drug-likeness (QED) is 0.165. The highest BCUT2D eigenvalue weighted by atomic mass is 19.4. The summed E-state index contributed by atoms with van der Waals surface area (Å²) in [5.74, 6) is -3.16. The molecule has 0 saturated carbocycles. The summed E-state index contributed by atoms with van der Waals surface area (Å²) in [6.07, 6.45) is -3.28. The Hall–Kier alpha value is -5.01. The van der Waals surface area contributed by atoms with Crippen molar-refractivity contribution in [1.29, 1.82) is 0 Å². The molecule has 38 heavy (non-hydrogen) atoms.